The third-order valence-electron chi connectivity index (χ3n) is 4.26. The SMILES string of the molecule is O=C(O)COc1ccc(C=NN=C2c3ccccc3-c3ccccc32)cc1. The number of carboxylic acid groups (broad SMARTS) is 1. The van der Waals surface area contributed by atoms with E-state index in [0.717, 1.165) is 22.4 Å². The minimum Gasteiger partial charge on any atom is -0.482 e. The number of hydrogen-bond donors (Lipinski definition) is 1. The van der Waals surface area contributed by atoms with Crippen LogP contribution < -0.4 is 4.74 Å². The van der Waals surface area contributed by atoms with Crippen molar-refractivity contribution in [3.63, 3.8) is 0 Å². The molecule has 0 heterocycles. The molecule has 5 heteroatoms. The van der Waals surface area contributed by atoms with Gasteiger partial charge in [-0.3, -0.25) is 0 Å². The van der Waals surface area contributed by atoms with Gasteiger partial charge in [0.2, 0.25) is 0 Å². The van der Waals surface area contributed by atoms with Crippen LogP contribution in [-0.2, 0) is 4.79 Å². The van der Waals surface area contributed by atoms with Gasteiger partial charge in [0, 0.05) is 11.1 Å². The summed E-state index contributed by atoms with van der Waals surface area (Å²) < 4.78 is 5.11. The van der Waals surface area contributed by atoms with E-state index in [4.69, 9.17) is 9.84 Å². The number of carbonyl (C=O) groups is 1. The van der Waals surface area contributed by atoms with Crippen molar-refractivity contribution in [2.75, 3.05) is 6.61 Å². The third kappa shape index (κ3) is 3.48. The predicted molar refractivity (Wildman–Crippen MR) is 105 cm³/mol. The Morgan fingerprint density at radius 1 is 0.852 bits per heavy atom. The number of nitrogens with zero attached hydrogens (tertiary/aromatic N) is 2. The molecule has 132 valence electrons. The normalized spacial score (nSPS) is 11.9. The Balaban J connectivity index is 1.57. The summed E-state index contributed by atoms with van der Waals surface area (Å²) in [5, 5.41) is 17.3. The summed E-state index contributed by atoms with van der Waals surface area (Å²) in [5.74, 6) is -0.506. The lowest BCUT2D eigenvalue weighted by Gasteiger charge is -2.02. The largest absolute Gasteiger partial charge is 0.482 e. The van der Waals surface area contributed by atoms with Crippen LogP contribution in [0.25, 0.3) is 11.1 Å². The van der Waals surface area contributed by atoms with Crippen LogP contribution in [0, 0.1) is 0 Å². The maximum Gasteiger partial charge on any atom is 0.341 e. The molecule has 0 unspecified atom stereocenters. The highest BCUT2D eigenvalue weighted by atomic mass is 16.5. The number of aliphatic carboxylic acids is 1. The van der Waals surface area contributed by atoms with Crippen molar-refractivity contribution in [3.8, 4) is 16.9 Å². The molecule has 3 aromatic carbocycles. The quantitative estimate of drug-likeness (QED) is 0.434. The van der Waals surface area contributed by atoms with E-state index in [1.807, 2.05) is 24.3 Å². The number of carboxylic acids is 1. The zero-order valence-corrected chi connectivity index (χ0v) is 14.4. The van der Waals surface area contributed by atoms with Gasteiger partial charge in [-0.05, 0) is 41.0 Å². The first-order valence-corrected chi connectivity index (χ1v) is 8.47. The Morgan fingerprint density at radius 3 is 1.96 bits per heavy atom. The predicted octanol–water partition coefficient (Wildman–Crippen LogP) is 4.00. The molecule has 27 heavy (non-hydrogen) atoms. The highest BCUT2D eigenvalue weighted by Gasteiger charge is 2.23. The summed E-state index contributed by atoms with van der Waals surface area (Å²) in [6.07, 6.45) is 1.66. The van der Waals surface area contributed by atoms with Crippen molar-refractivity contribution >= 4 is 17.9 Å². The van der Waals surface area contributed by atoms with Crippen molar-refractivity contribution in [2.45, 2.75) is 0 Å². The van der Waals surface area contributed by atoms with Crippen LogP contribution >= 0.6 is 0 Å². The van der Waals surface area contributed by atoms with E-state index in [-0.39, 0.29) is 6.61 Å². The van der Waals surface area contributed by atoms with E-state index >= 15 is 0 Å². The molecule has 1 aliphatic carbocycles. The second kappa shape index (κ2) is 7.25. The number of fused-ring (bicyclic) bond motifs is 3. The zero-order chi connectivity index (χ0) is 18.6. The van der Waals surface area contributed by atoms with Gasteiger partial charge < -0.3 is 9.84 Å². The first kappa shape index (κ1) is 16.7. The van der Waals surface area contributed by atoms with Crippen LogP contribution in [0.4, 0.5) is 0 Å². The standard InChI is InChI=1S/C22H16N2O3/c25-21(26)14-27-16-11-9-15(10-12-16)13-23-24-22-19-7-3-1-5-17(19)18-6-2-4-8-20(18)22/h1-13H,14H2,(H,25,26). The molecule has 0 spiro atoms. The molecule has 0 aromatic heterocycles. The first-order valence-electron chi connectivity index (χ1n) is 8.47. The van der Waals surface area contributed by atoms with Gasteiger partial charge in [0.25, 0.3) is 0 Å². The molecular weight excluding hydrogens is 340 g/mol. The minimum atomic E-state index is -1.01. The second-order valence-corrected chi connectivity index (χ2v) is 6.04. The van der Waals surface area contributed by atoms with E-state index in [0.29, 0.717) is 5.75 Å². The average Bonchev–Trinajstić information content (AvgIpc) is 3.02. The van der Waals surface area contributed by atoms with Gasteiger partial charge in [0.05, 0.1) is 6.21 Å². The van der Waals surface area contributed by atoms with Gasteiger partial charge in [-0.15, -0.1) is 5.10 Å². The summed E-state index contributed by atoms with van der Waals surface area (Å²) in [7, 11) is 0. The average molecular weight is 356 g/mol. The van der Waals surface area contributed by atoms with Crippen LogP contribution in [0.15, 0.2) is 83.0 Å². The summed E-state index contributed by atoms with van der Waals surface area (Å²) in [6, 6.07) is 23.4. The highest BCUT2D eigenvalue weighted by Crippen LogP contribution is 2.36. The highest BCUT2D eigenvalue weighted by molar-refractivity contribution is 6.24. The van der Waals surface area contributed by atoms with E-state index < -0.39 is 5.97 Å². The molecule has 0 atom stereocenters. The van der Waals surface area contributed by atoms with Crippen molar-refractivity contribution < 1.29 is 14.6 Å². The van der Waals surface area contributed by atoms with E-state index in [9.17, 15) is 4.79 Å². The van der Waals surface area contributed by atoms with Gasteiger partial charge in [0.15, 0.2) is 6.61 Å². The smallest absolute Gasteiger partial charge is 0.341 e. The van der Waals surface area contributed by atoms with Crippen molar-refractivity contribution in [3.05, 3.63) is 89.5 Å². The molecule has 0 saturated heterocycles. The first-order chi connectivity index (χ1) is 13.2. The Labute approximate surface area is 156 Å². The monoisotopic (exact) mass is 356 g/mol. The molecule has 5 nitrogen and oxygen atoms in total. The van der Waals surface area contributed by atoms with E-state index in [1.54, 1.807) is 30.5 Å². The van der Waals surface area contributed by atoms with Crippen molar-refractivity contribution in [2.24, 2.45) is 10.2 Å². The van der Waals surface area contributed by atoms with Crippen LogP contribution in [0.3, 0.4) is 0 Å². The molecule has 4 rings (SSSR count). The number of hydrogen-bond acceptors (Lipinski definition) is 4. The van der Waals surface area contributed by atoms with Gasteiger partial charge in [-0.25, -0.2) is 4.79 Å². The number of ether oxygens (including phenoxy) is 1. The van der Waals surface area contributed by atoms with Crippen LogP contribution in [0.5, 0.6) is 5.75 Å². The molecular formula is C22H16N2O3. The fourth-order valence-electron chi connectivity index (χ4n) is 3.05. The lowest BCUT2D eigenvalue weighted by Crippen LogP contribution is -2.09. The number of benzene rings is 3. The molecule has 0 amide bonds. The molecule has 0 radical (unpaired) electrons. The summed E-state index contributed by atoms with van der Waals surface area (Å²) in [5.41, 5.74) is 6.20. The minimum absolute atomic E-state index is 0.361. The molecule has 0 saturated carbocycles. The Morgan fingerprint density at radius 2 is 1.41 bits per heavy atom. The molecule has 3 aromatic rings. The summed E-state index contributed by atoms with van der Waals surface area (Å²) in [4.78, 5) is 10.5. The Kier molecular flexibility index (Phi) is 4.49. The maximum atomic E-state index is 10.5. The summed E-state index contributed by atoms with van der Waals surface area (Å²) >= 11 is 0. The topological polar surface area (TPSA) is 71.2 Å². The third-order valence-corrected chi connectivity index (χ3v) is 4.26. The van der Waals surface area contributed by atoms with Crippen LogP contribution in [0.2, 0.25) is 0 Å². The Hall–Kier alpha value is -3.73. The van der Waals surface area contributed by atoms with Gasteiger partial charge >= 0.3 is 5.97 Å². The van der Waals surface area contributed by atoms with Gasteiger partial charge in [0.1, 0.15) is 11.5 Å². The molecule has 1 N–H and O–H groups in total. The van der Waals surface area contributed by atoms with E-state index in [1.165, 1.54) is 11.1 Å². The maximum absolute atomic E-state index is 10.5. The fraction of sp³-hybridized carbons (Fsp3) is 0.0455. The molecule has 0 aliphatic heterocycles. The summed E-state index contributed by atoms with van der Waals surface area (Å²) in [6.45, 7) is -0.361. The lowest BCUT2D eigenvalue weighted by molar-refractivity contribution is -0.139. The van der Waals surface area contributed by atoms with Crippen LogP contribution in [0.1, 0.15) is 16.7 Å². The fourth-order valence-corrected chi connectivity index (χ4v) is 3.05. The molecule has 0 bridgehead atoms. The lowest BCUT2D eigenvalue weighted by atomic mass is 10.1. The zero-order valence-electron chi connectivity index (χ0n) is 14.4. The number of rotatable bonds is 5. The van der Waals surface area contributed by atoms with E-state index in [2.05, 4.69) is 34.5 Å². The Bertz CT molecular complexity index is 1010. The molecule has 0 fully saturated rings. The van der Waals surface area contributed by atoms with Crippen molar-refractivity contribution in [1.82, 2.24) is 0 Å². The van der Waals surface area contributed by atoms with Crippen LogP contribution in [-0.4, -0.2) is 29.6 Å². The van der Waals surface area contributed by atoms with Crippen molar-refractivity contribution in [1.29, 1.82) is 0 Å². The van der Waals surface area contributed by atoms with Gasteiger partial charge in [-0.1, -0.05) is 48.5 Å². The van der Waals surface area contributed by atoms with Gasteiger partial charge in [-0.2, -0.15) is 5.10 Å². The molecule has 1 aliphatic rings. The second-order valence-electron chi connectivity index (χ2n) is 6.04.